The average Bonchev–Trinajstić information content (AvgIpc) is 2.01. The predicted octanol–water partition coefficient (Wildman–Crippen LogP) is 0.389. The standard InChI is InChI=1S/C7H18NO6P/c1-4-12-15(11,13-5-2)14-6-8-7(3,9)10/h8-10H,4-6H2,1-3H3. The second kappa shape index (κ2) is 6.55. The minimum absolute atomic E-state index is 0.173. The molecule has 0 aromatic rings. The lowest BCUT2D eigenvalue weighted by atomic mass is 10.6. The van der Waals surface area contributed by atoms with Crippen LogP contribution in [0.2, 0.25) is 0 Å². The molecule has 0 aromatic carbocycles. The minimum atomic E-state index is -3.59. The Morgan fingerprint density at radius 1 is 1.20 bits per heavy atom. The van der Waals surface area contributed by atoms with E-state index in [4.69, 9.17) is 23.8 Å². The molecule has 0 spiro atoms. The second-order valence-electron chi connectivity index (χ2n) is 2.75. The van der Waals surface area contributed by atoms with E-state index in [2.05, 4.69) is 5.32 Å². The molecule has 0 aromatic heterocycles. The zero-order chi connectivity index (χ0) is 11.9. The molecule has 0 heterocycles. The maximum absolute atomic E-state index is 11.6. The van der Waals surface area contributed by atoms with Crippen LogP contribution in [0.3, 0.4) is 0 Å². The van der Waals surface area contributed by atoms with Crippen LogP contribution in [0, 0.1) is 0 Å². The molecule has 0 rings (SSSR count). The van der Waals surface area contributed by atoms with E-state index in [9.17, 15) is 4.57 Å². The Bertz CT molecular complexity index is 206. The SMILES string of the molecule is CCOP(=O)(OCC)OCNC(C)(O)O. The van der Waals surface area contributed by atoms with Gasteiger partial charge < -0.3 is 10.2 Å². The molecular formula is C7H18NO6P. The fourth-order valence-electron chi connectivity index (χ4n) is 0.676. The Labute approximate surface area is 89.0 Å². The van der Waals surface area contributed by atoms with E-state index in [1.807, 2.05) is 0 Å². The Morgan fingerprint density at radius 2 is 1.67 bits per heavy atom. The van der Waals surface area contributed by atoms with Crippen LogP contribution >= 0.6 is 7.82 Å². The first kappa shape index (κ1) is 15.0. The van der Waals surface area contributed by atoms with Crippen molar-refractivity contribution in [1.29, 1.82) is 0 Å². The van der Waals surface area contributed by atoms with Gasteiger partial charge in [0.25, 0.3) is 0 Å². The van der Waals surface area contributed by atoms with E-state index in [1.165, 1.54) is 0 Å². The molecule has 0 aliphatic carbocycles. The smallest absolute Gasteiger partial charge is 0.354 e. The molecule has 0 bridgehead atoms. The van der Waals surface area contributed by atoms with Gasteiger partial charge in [0.1, 0.15) is 6.73 Å². The summed E-state index contributed by atoms with van der Waals surface area (Å²) in [5.74, 6) is -2.09. The van der Waals surface area contributed by atoms with Crippen molar-refractivity contribution in [3.8, 4) is 0 Å². The summed E-state index contributed by atoms with van der Waals surface area (Å²) in [5, 5.41) is 19.9. The van der Waals surface area contributed by atoms with Gasteiger partial charge in [-0.25, -0.2) is 9.88 Å². The van der Waals surface area contributed by atoms with Crippen LogP contribution in [-0.4, -0.2) is 36.1 Å². The van der Waals surface area contributed by atoms with Crippen molar-refractivity contribution in [1.82, 2.24) is 5.32 Å². The first-order valence-corrected chi connectivity index (χ1v) is 6.02. The molecule has 0 amide bonds. The molecule has 0 aliphatic rings. The fraction of sp³-hybridized carbons (Fsp3) is 1.00. The zero-order valence-electron chi connectivity index (χ0n) is 9.10. The van der Waals surface area contributed by atoms with E-state index < -0.39 is 13.7 Å². The van der Waals surface area contributed by atoms with Gasteiger partial charge in [-0.15, -0.1) is 0 Å². The molecule has 0 radical (unpaired) electrons. The maximum Gasteiger partial charge on any atom is 0.476 e. The van der Waals surface area contributed by atoms with Crippen LogP contribution in [0.15, 0.2) is 0 Å². The van der Waals surface area contributed by atoms with Crippen LogP contribution in [0.4, 0.5) is 0 Å². The van der Waals surface area contributed by atoms with E-state index in [0.717, 1.165) is 6.92 Å². The van der Waals surface area contributed by atoms with Gasteiger partial charge in [-0.3, -0.25) is 13.6 Å². The summed E-state index contributed by atoms with van der Waals surface area (Å²) in [4.78, 5) is 0. The first-order valence-electron chi connectivity index (χ1n) is 4.56. The number of hydrogen-bond acceptors (Lipinski definition) is 7. The highest BCUT2D eigenvalue weighted by atomic mass is 31.2. The quantitative estimate of drug-likeness (QED) is 0.419. The second-order valence-corrected chi connectivity index (χ2v) is 4.42. The zero-order valence-corrected chi connectivity index (χ0v) is 9.99. The highest BCUT2D eigenvalue weighted by Gasteiger charge is 2.26. The van der Waals surface area contributed by atoms with Gasteiger partial charge >= 0.3 is 7.82 Å². The van der Waals surface area contributed by atoms with Gasteiger partial charge in [0.05, 0.1) is 13.2 Å². The van der Waals surface area contributed by atoms with Crippen molar-refractivity contribution in [2.75, 3.05) is 19.9 Å². The molecule has 0 aliphatic heterocycles. The topological polar surface area (TPSA) is 97.3 Å². The van der Waals surface area contributed by atoms with Gasteiger partial charge in [-0.1, -0.05) is 0 Å². The third-order valence-corrected chi connectivity index (χ3v) is 2.80. The van der Waals surface area contributed by atoms with Crippen molar-refractivity contribution in [3.63, 3.8) is 0 Å². The number of aliphatic hydroxyl groups is 2. The first-order chi connectivity index (χ1) is 6.83. The molecule has 7 nitrogen and oxygen atoms in total. The highest BCUT2D eigenvalue weighted by molar-refractivity contribution is 7.48. The van der Waals surface area contributed by atoms with Crippen LogP contribution in [0.25, 0.3) is 0 Å². The van der Waals surface area contributed by atoms with Crippen LogP contribution in [-0.2, 0) is 18.1 Å². The summed E-state index contributed by atoms with van der Waals surface area (Å²) < 4.78 is 26.0. The molecule has 0 unspecified atom stereocenters. The number of phosphoric ester groups is 1. The van der Waals surface area contributed by atoms with Crippen LogP contribution in [0.5, 0.6) is 0 Å². The van der Waals surface area contributed by atoms with E-state index >= 15 is 0 Å². The Hall–Kier alpha value is -0.0100. The Balaban J connectivity index is 4.02. The lowest BCUT2D eigenvalue weighted by Gasteiger charge is -2.20. The number of rotatable bonds is 8. The minimum Gasteiger partial charge on any atom is -0.354 e. The van der Waals surface area contributed by atoms with Crippen molar-refractivity contribution in [2.24, 2.45) is 0 Å². The third-order valence-electron chi connectivity index (χ3n) is 1.20. The van der Waals surface area contributed by atoms with Crippen molar-refractivity contribution in [3.05, 3.63) is 0 Å². The van der Waals surface area contributed by atoms with Gasteiger partial charge in [0, 0.05) is 6.92 Å². The molecule has 0 saturated heterocycles. The Morgan fingerprint density at radius 3 is 2.00 bits per heavy atom. The van der Waals surface area contributed by atoms with E-state index in [0.29, 0.717) is 0 Å². The number of hydrogen-bond donors (Lipinski definition) is 3. The fourth-order valence-corrected chi connectivity index (χ4v) is 1.75. The van der Waals surface area contributed by atoms with E-state index in [1.54, 1.807) is 13.8 Å². The summed E-state index contributed by atoms with van der Waals surface area (Å²) in [6.45, 7) is 4.37. The lowest BCUT2D eigenvalue weighted by Crippen LogP contribution is -2.42. The summed E-state index contributed by atoms with van der Waals surface area (Å²) >= 11 is 0. The largest absolute Gasteiger partial charge is 0.476 e. The summed E-state index contributed by atoms with van der Waals surface area (Å²) in [5.41, 5.74) is 0. The molecule has 0 fully saturated rings. The van der Waals surface area contributed by atoms with E-state index in [-0.39, 0.29) is 19.9 Å². The number of nitrogens with one attached hydrogen (secondary N) is 1. The maximum atomic E-state index is 11.6. The number of phosphoric acid groups is 1. The molecule has 8 heteroatoms. The van der Waals surface area contributed by atoms with Crippen LogP contribution in [0.1, 0.15) is 20.8 Å². The molecular weight excluding hydrogens is 225 g/mol. The summed E-state index contributed by atoms with van der Waals surface area (Å²) in [6, 6.07) is 0. The Kier molecular flexibility index (Phi) is 6.54. The van der Waals surface area contributed by atoms with Gasteiger partial charge in [0.15, 0.2) is 0 Å². The third kappa shape index (κ3) is 7.87. The molecule has 0 saturated carbocycles. The van der Waals surface area contributed by atoms with Crippen molar-refractivity contribution < 1.29 is 28.3 Å². The van der Waals surface area contributed by atoms with Gasteiger partial charge in [0.2, 0.25) is 5.91 Å². The molecule has 15 heavy (non-hydrogen) atoms. The molecule has 0 atom stereocenters. The molecule has 92 valence electrons. The van der Waals surface area contributed by atoms with Crippen LogP contribution < -0.4 is 5.32 Å². The van der Waals surface area contributed by atoms with Crippen molar-refractivity contribution >= 4 is 7.82 Å². The van der Waals surface area contributed by atoms with Gasteiger partial charge in [-0.05, 0) is 13.8 Å². The summed E-state index contributed by atoms with van der Waals surface area (Å²) in [7, 11) is -3.59. The summed E-state index contributed by atoms with van der Waals surface area (Å²) in [6.07, 6.45) is 0. The predicted molar refractivity (Wildman–Crippen MR) is 52.8 cm³/mol. The average molecular weight is 243 g/mol. The van der Waals surface area contributed by atoms with Gasteiger partial charge in [-0.2, -0.15) is 0 Å². The monoisotopic (exact) mass is 243 g/mol. The highest BCUT2D eigenvalue weighted by Crippen LogP contribution is 2.48. The van der Waals surface area contributed by atoms with Crippen molar-refractivity contribution in [2.45, 2.75) is 26.7 Å². The normalized spacial score (nSPS) is 13.1. The lowest BCUT2D eigenvalue weighted by molar-refractivity contribution is -0.177. The molecule has 3 N–H and O–H groups in total.